The van der Waals surface area contributed by atoms with E-state index in [0.29, 0.717) is 18.1 Å². The molecule has 0 saturated carbocycles. The van der Waals surface area contributed by atoms with E-state index in [1.807, 2.05) is 79.7 Å². The number of furan rings is 1. The Balaban J connectivity index is 1.41. The summed E-state index contributed by atoms with van der Waals surface area (Å²) in [6, 6.07) is 26.5. The van der Waals surface area contributed by atoms with Crippen LogP contribution in [0.1, 0.15) is 29.7 Å². The highest BCUT2D eigenvalue weighted by Crippen LogP contribution is 2.27. The van der Waals surface area contributed by atoms with Gasteiger partial charge in [0.25, 0.3) is 5.91 Å². The molecule has 0 fully saturated rings. The van der Waals surface area contributed by atoms with Crippen molar-refractivity contribution in [2.45, 2.75) is 19.8 Å². The molecule has 0 bridgehead atoms. The number of hydrogen-bond donors (Lipinski definition) is 1. The average Bonchev–Trinajstić information content (AvgIpc) is 3.48. The molecule has 6 heteroatoms. The average molecular weight is 465 g/mol. The SMILES string of the molecule is CCc1oc(-c2ccccc2)nc1Cc1cc2cc(C=C(Oc3ccccc3)C(N)=O)ccc2o1. The Morgan fingerprint density at radius 1 is 0.971 bits per heavy atom. The first-order valence-corrected chi connectivity index (χ1v) is 11.4. The Morgan fingerprint density at radius 3 is 2.43 bits per heavy atom. The van der Waals surface area contributed by atoms with Crippen LogP contribution in [0, 0.1) is 0 Å². The fourth-order valence-electron chi connectivity index (χ4n) is 3.88. The standard InChI is InChI=1S/C29H24N2O4/c1-2-25-24(31-29(35-25)20-9-5-3-6-10-20)18-23-17-21-15-19(13-14-26(21)34-23)16-27(28(30)32)33-22-11-7-4-8-12-22/h3-17H,2,18H2,1H3,(H2,30,32). The van der Waals surface area contributed by atoms with Gasteiger partial charge in [0.05, 0.1) is 12.1 Å². The molecule has 5 rings (SSSR count). The van der Waals surface area contributed by atoms with Gasteiger partial charge in [0.1, 0.15) is 22.9 Å². The van der Waals surface area contributed by atoms with Gasteiger partial charge >= 0.3 is 0 Å². The van der Waals surface area contributed by atoms with Crippen molar-refractivity contribution in [1.82, 2.24) is 4.98 Å². The van der Waals surface area contributed by atoms with E-state index in [4.69, 9.17) is 24.3 Å². The summed E-state index contributed by atoms with van der Waals surface area (Å²) in [6.07, 6.45) is 2.88. The number of oxazole rings is 1. The fraction of sp³-hybridized carbons (Fsp3) is 0.103. The third-order valence-corrected chi connectivity index (χ3v) is 5.56. The first-order valence-electron chi connectivity index (χ1n) is 11.4. The maximum Gasteiger partial charge on any atom is 0.284 e. The number of rotatable bonds is 8. The zero-order chi connectivity index (χ0) is 24.2. The first kappa shape index (κ1) is 22.2. The number of benzene rings is 3. The van der Waals surface area contributed by atoms with Gasteiger partial charge in [0.15, 0.2) is 5.76 Å². The molecule has 2 N–H and O–H groups in total. The number of amides is 1. The Morgan fingerprint density at radius 2 is 1.71 bits per heavy atom. The van der Waals surface area contributed by atoms with E-state index in [2.05, 4.69) is 0 Å². The van der Waals surface area contributed by atoms with E-state index in [1.165, 1.54) is 0 Å². The van der Waals surface area contributed by atoms with Gasteiger partial charge in [-0.1, -0.05) is 49.4 Å². The molecule has 0 saturated heterocycles. The zero-order valence-corrected chi connectivity index (χ0v) is 19.2. The lowest BCUT2D eigenvalue weighted by atomic mass is 10.1. The molecule has 0 aliphatic rings. The lowest BCUT2D eigenvalue weighted by Crippen LogP contribution is -2.18. The summed E-state index contributed by atoms with van der Waals surface area (Å²) in [4.78, 5) is 16.7. The number of carbonyl (C=O) groups is 1. The maximum absolute atomic E-state index is 11.9. The van der Waals surface area contributed by atoms with Crippen LogP contribution in [-0.2, 0) is 17.6 Å². The van der Waals surface area contributed by atoms with E-state index < -0.39 is 5.91 Å². The molecule has 6 nitrogen and oxygen atoms in total. The third kappa shape index (κ3) is 5.01. The topological polar surface area (TPSA) is 91.5 Å². The molecule has 0 radical (unpaired) electrons. The summed E-state index contributed by atoms with van der Waals surface area (Å²) in [5.74, 6) is 2.19. The minimum atomic E-state index is -0.644. The van der Waals surface area contributed by atoms with Gasteiger partial charge in [-0.05, 0) is 54.1 Å². The van der Waals surface area contributed by atoms with E-state index >= 15 is 0 Å². The fourth-order valence-corrected chi connectivity index (χ4v) is 3.88. The Labute approximate surface area is 202 Å². The molecule has 35 heavy (non-hydrogen) atoms. The van der Waals surface area contributed by atoms with Gasteiger partial charge in [-0.15, -0.1) is 0 Å². The number of primary amides is 1. The largest absolute Gasteiger partial charge is 0.461 e. The monoisotopic (exact) mass is 464 g/mol. The minimum Gasteiger partial charge on any atom is -0.461 e. The second-order valence-electron chi connectivity index (χ2n) is 8.08. The van der Waals surface area contributed by atoms with Crippen LogP contribution >= 0.6 is 0 Å². The number of para-hydroxylation sites is 1. The van der Waals surface area contributed by atoms with E-state index in [1.54, 1.807) is 18.2 Å². The van der Waals surface area contributed by atoms with Crippen molar-refractivity contribution in [3.05, 3.63) is 113 Å². The predicted octanol–water partition coefficient (Wildman–Crippen LogP) is 6.15. The van der Waals surface area contributed by atoms with Crippen LogP contribution in [0.4, 0.5) is 0 Å². The van der Waals surface area contributed by atoms with Crippen LogP contribution in [0.2, 0.25) is 0 Å². The predicted molar refractivity (Wildman–Crippen MR) is 135 cm³/mol. The zero-order valence-electron chi connectivity index (χ0n) is 19.2. The number of aryl methyl sites for hydroxylation is 1. The summed E-state index contributed by atoms with van der Waals surface area (Å²) >= 11 is 0. The lowest BCUT2D eigenvalue weighted by molar-refractivity contribution is -0.116. The molecule has 5 aromatic rings. The summed E-state index contributed by atoms with van der Waals surface area (Å²) in [5, 5.41) is 0.905. The van der Waals surface area contributed by atoms with Gasteiger partial charge in [-0.25, -0.2) is 4.98 Å². The molecule has 0 atom stereocenters. The molecule has 2 heterocycles. The van der Waals surface area contributed by atoms with E-state index in [0.717, 1.165) is 45.7 Å². The summed E-state index contributed by atoms with van der Waals surface area (Å²) in [7, 11) is 0. The molecule has 0 aliphatic carbocycles. The molecule has 1 amide bonds. The number of nitrogens with two attached hydrogens (primary N) is 1. The van der Waals surface area contributed by atoms with E-state index in [-0.39, 0.29) is 5.76 Å². The van der Waals surface area contributed by atoms with Crippen LogP contribution in [0.5, 0.6) is 5.75 Å². The molecule has 3 aromatic carbocycles. The molecule has 0 unspecified atom stereocenters. The highest BCUT2D eigenvalue weighted by molar-refractivity contribution is 5.95. The Hall–Kier alpha value is -4.58. The number of hydrogen-bond acceptors (Lipinski definition) is 5. The second kappa shape index (κ2) is 9.73. The van der Waals surface area contributed by atoms with Crippen LogP contribution < -0.4 is 10.5 Å². The van der Waals surface area contributed by atoms with Gasteiger partial charge < -0.3 is 19.3 Å². The van der Waals surface area contributed by atoms with E-state index in [9.17, 15) is 4.79 Å². The van der Waals surface area contributed by atoms with Crippen molar-refractivity contribution >= 4 is 23.0 Å². The van der Waals surface area contributed by atoms with Crippen molar-refractivity contribution in [3.8, 4) is 17.2 Å². The molecule has 0 aliphatic heterocycles. The Kier molecular flexibility index (Phi) is 6.18. The molecular weight excluding hydrogens is 440 g/mol. The van der Waals surface area contributed by atoms with Crippen molar-refractivity contribution in [2.24, 2.45) is 5.73 Å². The first-order chi connectivity index (χ1) is 17.1. The number of fused-ring (bicyclic) bond motifs is 1. The van der Waals surface area contributed by atoms with Crippen LogP contribution in [0.3, 0.4) is 0 Å². The molecule has 2 aromatic heterocycles. The van der Waals surface area contributed by atoms with Crippen molar-refractivity contribution in [2.75, 3.05) is 0 Å². The van der Waals surface area contributed by atoms with Gasteiger partial charge in [0, 0.05) is 17.4 Å². The summed E-state index contributed by atoms with van der Waals surface area (Å²) in [5.41, 5.74) is 8.86. The van der Waals surface area contributed by atoms with Gasteiger partial charge in [-0.3, -0.25) is 4.79 Å². The molecule has 0 spiro atoms. The van der Waals surface area contributed by atoms with Gasteiger partial charge in [0.2, 0.25) is 5.89 Å². The third-order valence-electron chi connectivity index (χ3n) is 5.56. The number of aromatic nitrogens is 1. The minimum absolute atomic E-state index is 0.0582. The van der Waals surface area contributed by atoms with Gasteiger partial charge in [-0.2, -0.15) is 0 Å². The van der Waals surface area contributed by atoms with Crippen LogP contribution in [0.15, 0.2) is 99.5 Å². The van der Waals surface area contributed by atoms with Crippen molar-refractivity contribution in [1.29, 1.82) is 0 Å². The van der Waals surface area contributed by atoms with Crippen LogP contribution in [-0.4, -0.2) is 10.9 Å². The second-order valence-corrected chi connectivity index (χ2v) is 8.08. The highest BCUT2D eigenvalue weighted by Gasteiger charge is 2.16. The van der Waals surface area contributed by atoms with Crippen LogP contribution in [0.25, 0.3) is 28.5 Å². The number of ether oxygens (including phenoxy) is 1. The lowest BCUT2D eigenvalue weighted by Gasteiger charge is -2.07. The van der Waals surface area contributed by atoms with Crippen molar-refractivity contribution in [3.63, 3.8) is 0 Å². The molecule has 174 valence electrons. The summed E-state index contributed by atoms with van der Waals surface area (Å²) < 4.78 is 17.8. The van der Waals surface area contributed by atoms with Crippen molar-refractivity contribution < 1.29 is 18.4 Å². The maximum atomic E-state index is 11.9. The number of nitrogens with zero attached hydrogens (tertiary/aromatic N) is 1. The molecular formula is C29H24N2O4. The quantitative estimate of drug-likeness (QED) is 0.220. The highest BCUT2D eigenvalue weighted by atomic mass is 16.5. The normalized spacial score (nSPS) is 11.6. The smallest absolute Gasteiger partial charge is 0.284 e. The Bertz CT molecular complexity index is 1500. The number of carbonyl (C=O) groups excluding carboxylic acids is 1. The summed E-state index contributed by atoms with van der Waals surface area (Å²) in [6.45, 7) is 2.05.